The minimum atomic E-state index is -0.477. The van der Waals surface area contributed by atoms with Gasteiger partial charge in [-0.3, -0.25) is 9.59 Å². The van der Waals surface area contributed by atoms with Gasteiger partial charge in [-0.1, -0.05) is 42.5 Å². The number of benzene rings is 2. The number of carbonyl (C=O) groups excluding carboxylic acids is 2. The van der Waals surface area contributed by atoms with Gasteiger partial charge < -0.3 is 9.64 Å². The predicted octanol–water partition coefficient (Wildman–Crippen LogP) is 3.77. The van der Waals surface area contributed by atoms with Crippen LogP contribution in [0.4, 0.5) is 0 Å². The highest BCUT2D eigenvalue weighted by Gasteiger charge is 2.38. The maximum Gasteiger partial charge on any atom is 0.311 e. The van der Waals surface area contributed by atoms with E-state index in [1.807, 2.05) is 54.6 Å². The number of methoxy groups -OCH3 is 1. The number of terminal acetylenes is 1. The lowest BCUT2D eigenvalue weighted by atomic mass is 9.94. The summed E-state index contributed by atoms with van der Waals surface area (Å²) in [6, 6.07) is 17.4. The van der Waals surface area contributed by atoms with Gasteiger partial charge in [-0.15, -0.1) is 12.3 Å². The maximum atomic E-state index is 13.0. The van der Waals surface area contributed by atoms with Crippen LogP contribution in [-0.2, 0) is 9.53 Å². The third-order valence-corrected chi connectivity index (χ3v) is 5.11. The van der Waals surface area contributed by atoms with Crippen molar-refractivity contribution in [2.45, 2.75) is 25.3 Å². The van der Waals surface area contributed by atoms with E-state index in [1.165, 1.54) is 7.11 Å². The molecule has 4 nitrogen and oxygen atoms in total. The SMILES string of the molecule is C#CCC(C(=O)OC)C1CCCN1C(=O)c1ccc(-c2ccccc2)cc1. The average Bonchev–Trinajstić information content (AvgIpc) is 3.21. The first-order chi connectivity index (χ1) is 13.2. The fraction of sp³-hybridized carbons (Fsp3) is 0.304. The predicted molar refractivity (Wildman–Crippen MR) is 105 cm³/mol. The van der Waals surface area contributed by atoms with Crippen LogP contribution in [0.2, 0.25) is 0 Å². The summed E-state index contributed by atoms with van der Waals surface area (Å²) in [4.78, 5) is 27.0. The highest BCUT2D eigenvalue weighted by molar-refractivity contribution is 5.95. The van der Waals surface area contributed by atoms with Crippen LogP contribution in [0, 0.1) is 18.3 Å². The first kappa shape index (κ1) is 18.7. The molecule has 0 aliphatic carbocycles. The number of amides is 1. The van der Waals surface area contributed by atoms with Crippen molar-refractivity contribution in [3.8, 4) is 23.5 Å². The number of esters is 1. The van der Waals surface area contributed by atoms with E-state index in [0.29, 0.717) is 12.1 Å². The maximum absolute atomic E-state index is 13.0. The molecule has 0 N–H and O–H groups in total. The zero-order valence-electron chi connectivity index (χ0n) is 15.4. The molecule has 4 heteroatoms. The number of nitrogens with zero attached hydrogens (tertiary/aromatic N) is 1. The standard InChI is InChI=1S/C23H23NO3/c1-3-8-20(23(26)27-2)21-11-7-16-24(21)22(25)19-14-12-18(13-15-19)17-9-5-4-6-10-17/h1,4-6,9-10,12-15,20-21H,7-8,11,16H2,2H3. The van der Waals surface area contributed by atoms with Gasteiger partial charge in [-0.05, 0) is 36.1 Å². The molecular weight excluding hydrogens is 338 g/mol. The fourth-order valence-corrected chi connectivity index (χ4v) is 3.72. The van der Waals surface area contributed by atoms with Crippen molar-refractivity contribution in [1.29, 1.82) is 0 Å². The van der Waals surface area contributed by atoms with Crippen LogP contribution in [0.15, 0.2) is 54.6 Å². The quantitative estimate of drug-likeness (QED) is 0.602. The normalized spacial score (nSPS) is 17.2. The molecule has 2 atom stereocenters. The molecule has 1 saturated heterocycles. The van der Waals surface area contributed by atoms with Crippen molar-refractivity contribution in [3.63, 3.8) is 0 Å². The molecule has 27 heavy (non-hydrogen) atoms. The van der Waals surface area contributed by atoms with Crippen molar-refractivity contribution in [2.24, 2.45) is 5.92 Å². The van der Waals surface area contributed by atoms with Crippen molar-refractivity contribution in [3.05, 3.63) is 60.2 Å². The number of likely N-dealkylation sites (tertiary alicyclic amines) is 1. The van der Waals surface area contributed by atoms with E-state index in [9.17, 15) is 9.59 Å². The highest BCUT2D eigenvalue weighted by atomic mass is 16.5. The zero-order chi connectivity index (χ0) is 19.2. The second-order valence-corrected chi connectivity index (χ2v) is 6.69. The highest BCUT2D eigenvalue weighted by Crippen LogP contribution is 2.29. The van der Waals surface area contributed by atoms with Gasteiger partial charge in [-0.25, -0.2) is 0 Å². The fourth-order valence-electron chi connectivity index (χ4n) is 3.72. The Morgan fingerprint density at radius 1 is 1.15 bits per heavy atom. The van der Waals surface area contributed by atoms with Crippen LogP contribution in [0.3, 0.4) is 0 Å². The number of rotatable bonds is 5. The second-order valence-electron chi connectivity index (χ2n) is 6.69. The molecule has 0 radical (unpaired) electrons. The molecule has 0 spiro atoms. The summed E-state index contributed by atoms with van der Waals surface area (Å²) in [6.07, 6.45) is 7.32. The van der Waals surface area contributed by atoms with E-state index in [0.717, 1.165) is 24.0 Å². The summed E-state index contributed by atoms with van der Waals surface area (Å²) >= 11 is 0. The van der Waals surface area contributed by atoms with Gasteiger partial charge in [0.15, 0.2) is 0 Å². The summed E-state index contributed by atoms with van der Waals surface area (Å²) in [7, 11) is 1.36. The molecule has 2 aromatic carbocycles. The van der Waals surface area contributed by atoms with Gasteiger partial charge in [0.1, 0.15) is 0 Å². The molecule has 2 unspecified atom stereocenters. The van der Waals surface area contributed by atoms with Crippen molar-refractivity contribution < 1.29 is 14.3 Å². The summed E-state index contributed by atoms with van der Waals surface area (Å²) < 4.78 is 4.90. The Balaban J connectivity index is 1.80. The molecule has 2 aromatic rings. The Kier molecular flexibility index (Phi) is 5.93. The smallest absolute Gasteiger partial charge is 0.311 e. The molecule has 1 aliphatic rings. The van der Waals surface area contributed by atoms with E-state index in [4.69, 9.17) is 11.2 Å². The molecule has 1 aliphatic heterocycles. The Bertz CT molecular complexity index is 836. The molecule has 3 rings (SSSR count). The first-order valence-electron chi connectivity index (χ1n) is 9.13. The lowest BCUT2D eigenvalue weighted by Crippen LogP contribution is -2.43. The van der Waals surface area contributed by atoms with Crippen LogP contribution in [0.25, 0.3) is 11.1 Å². The molecule has 1 heterocycles. The number of hydrogen-bond donors (Lipinski definition) is 0. The van der Waals surface area contributed by atoms with Crippen molar-refractivity contribution in [2.75, 3.05) is 13.7 Å². The van der Waals surface area contributed by atoms with Gasteiger partial charge in [0.2, 0.25) is 0 Å². The number of hydrogen-bond acceptors (Lipinski definition) is 3. The second kappa shape index (κ2) is 8.55. The zero-order valence-corrected chi connectivity index (χ0v) is 15.4. The van der Waals surface area contributed by atoms with E-state index in [-0.39, 0.29) is 24.3 Å². The lowest BCUT2D eigenvalue weighted by Gasteiger charge is -2.29. The molecule has 1 amide bonds. The van der Waals surface area contributed by atoms with Crippen LogP contribution in [0.1, 0.15) is 29.6 Å². The van der Waals surface area contributed by atoms with Gasteiger partial charge in [0, 0.05) is 24.6 Å². The molecule has 0 bridgehead atoms. The third kappa shape index (κ3) is 4.03. The van der Waals surface area contributed by atoms with Crippen LogP contribution in [0.5, 0.6) is 0 Å². The molecule has 0 aromatic heterocycles. The van der Waals surface area contributed by atoms with Crippen molar-refractivity contribution >= 4 is 11.9 Å². The van der Waals surface area contributed by atoms with E-state index in [2.05, 4.69) is 5.92 Å². The summed E-state index contributed by atoms with van der Waals surface area (Å²) in [5.74, 6) is 1.65. The molecular formula is C23H23NO3. The summed E-state index contributed by atoms with van der Waals surface area (Å²) in [5.41, 5.74) is 2.78. The van der Waals surface area contributed by atoms with Crippen LogP contribution in [-0.4, -0.2) is 36.5 Å². The Hall–Kier alpha value is -3.06. The van der Waals surface area contributed by atoms with Gasteiger partial charge in [0.05, 0.1) is 13.0 Å². The van der Waals surface area contributed by atoms with Gasteiger partial charge in [0.25, 0.3) is 5.91 Å². The van der Waals surface area contributed by atoms with Crippen LogP contribution < -0.4 is 0 Å². The van der Waals surface area contributed by atoms with Gasteiger partial charge in [-0.2, -0.15) is 0 Å². The largest absolute Gasteiger partial charge is 0.469 e. The third-order valence-electron chi connectivity index (χ3n) is 5.11. The Morgan fingerprint density at radius 3 is 2.44 bits per heavy atom. The Morgan fingerprint density at radius 2 is 1.81 bits per heavy atom. The van der Waals surface area contributed by atoms with E-state index in [1.54, 1.807) is 4.90 Å². The minimum absolute atomic E-state index is 0.0666. The van der Waals surface area contributed by atoms with Crippen LogP contribution >= 0.6 is 0 Å². The van der Waals surface area contributed by atoms with E-state index < -0.39 is 5.92 Å². The minimum Gasteiger partial charge on any atom is -0.469 e. The lowest BCUT2D eigenvalue weighted by molar-refractivity contribution is -0.147. The number of ether oxygens (including phenoxy) is 1. The topological polar surface area (TPSA) is 46.6 Å². The summed E-state index contributed by atoms with van der Waals surface area (Å²) in [5, 5.41) is 0. The molecule has 1 fully saturated rings. The average molecular weight is 361 g/mol. The van der Waals surface area contributed by atoms with Gasteiger partial charge >= 0.3 is 5.97 Å². The van der Waals surface area contributed by atoms with E-state index >= 15 is 0 Å². The monoisotopic (exact) mass is 361 g/mol. The summed E-state index contributed by atoms with van der Waals surface area (Å²) in [6.45, 7) is 0.627. The Labute approximate surface area is 160 Å². The van der Waals surface area contributed by atoms with Crippen molar-refractivity contribution in [1.82, 2.24) is 4.90 Å². The first-order valence-corrected chi connectivity index (χ1v) is 9.13. The molecule has 0 saturated carbocycles. The number of carbonyl (C=O) groups is 2. The molecule has 138 valence electrons.